The highest BCUT2D eigenvalue weighted by Gasteiger charge is 2.18. The minimum atomic E-state index is 0.0968. The number of benzene rings is 2. The molecule has 2 aromatic heterocycles. The molecule has 0 saturated carbocycles. The van der Waals surface area contributed by atoms with Crippen LogP contribution in [0.4, 0.5) is 0 Å². The summed E-state index contributed by atoms with van der Waals surface area (Å²) in [7, 11) is 3.19. The number of hydrogen-bond acceptors (Lipinski definition) is 10. The van der Waals surface area contributed by atoms with E-state index in [1.165, 1.54) is 0 Å². The van der Waals surface area contributed by atoms with Gasteiger partial charge < -0.3 is 18.9 Å². The topological polar surface area (TPSA) is 96.8 Å². The summed E-state index contributed by atoms with van der Waals surface area (Å²) >= 11 is 25.0. The molecule has 0 aliphatic heterocycles. The van der Waals surface area contributed by atoms with E-state index in [0.29, 0.717) is 78.2 Å². The summed E-state index contributed by atoms with van der Waals surface area (Å²) in [5.41, 5.74) is 3.44. The van der Waals surface area contributed by atoms with Gasteiger partial charge in [-0.1, -0.05) is 77.5 Å². The van der Waals surface area contributed by atoms with Gasteiger partial charge in [0.1, 0.15) is 13.2 Å². The molecule has 0 radical (unpaired) electrons. The van der Waals surface area contributed by atoms with Crippen molar-refractivity contribution in [2.24, 2.45) is 0 Å². The Labute approximate surface area is 325 Å². The van der Waals surface area contributed by atoms with Crippen LogP contribution in [-0.4, -0.2) is 47.3 Å². The van der Waals surface area contributed by atoms with Crippen molar-refractivity contribution in [3.05, 3.63) is 89.8 Å². The van der Waals surface area contributed by atoms with Gasteiger partial charge in [0.05, 0.1) is 43.3 Å². The van der Waals surface area contributed by atoms with Crippen molar-refractivity contribution >= 4 is 128 Å². The monoisotopic (exact) mass is 1050 g/mol. The fraction of sp³-hybridized carbons (Fsp3) is 0.200. The second-order valence-corrected chi connectivity index (χ2v) is 16.5. The predicted molar refractivity (Wildman–Crippen MR) is 209 cm³/mol. The molecule has 4 aromatic rings. The van der Waals surface area contributed by atoms with Crippen LogP contribution in [0.2, 0.25) is 10.0 Å². The van der Waals surface area contributed by atoms with E-state index in [-0.39, 0.29) is 36.7 Å². The SMILES string of the molecule is O=Cc1cc(Br)c(OCc2cccc(-c3cccc(COc4nc(OCCSI)c(C=O)cc4Br)c3Cl)c2Cl)nc1OCCSI. The van der Waals surface area contributed by atoms with Crippen LogP contribution < -0.4 is 18.9 Å². The summed E-state index contributed by atoms with van der Waals surface area (Å²) in [6.45, 7) is 0.989. The Morgan fingerprint density at radius 3 is 1.46 bits per heavy atom. The number of ether oxygens (including phenoxy) is 4. The smallest absolute Gasteiger partial charge is 0.231 e. The molecule has 0 fully saturated rings. The quantitative estimate of drug-likeness (QED) is 0.0578. The molecule has 2 heterocycles. The van der Waals surface area contributed by atoms with E-state index >= 15 is 0 Å². The van der Waals surface area contributed by atoms with Crippen molar-refractivity contribution in [2.45, 2.75) is 13.2 Å². The molecule has 16 heteroatoms. The number of carbonyl (C=O) groups excluding carboxylic acids is 2. The van der Waals surface area contributed by atoms with Crippen LogP contribution in [0.15, 0.2) is 57.5 Å². The van der Waals surface area contributed by atoms with Gasteiger partial charge in [0, 0.05) is 33.8 Å². The molecule has 2 aromatic carbocycles. The average molecular weight is 1060 g/mol. The van der Waals surface area contributed by atoms with E-state index in [1.54, 1.807) is 30.0 Å². The number of aldehydes is 2. The second-order valence-electron chi connectivity index (χ2n) is 9.03. The van der Waals surface area contributed by atoms with Crippen molar-refractivity contribution in [1.29, 1.82) is 0 Å². The number of aromatic nitrogens is 2. The Balaban J connectivity index is 1.53. The summed E-state index contributed by atoms with van der Waals surface area (Å²) in [5.74, 6) is 2.40. The van der Waals surface area contributed by atoms with E-state index in [2.05, 4.69) is 84.2 Å². The van der Waals surface area contributed by atoms with Gasteiger partial charge >= 0.3 is 0 Å². The van der Waals surface area contributed by atoms with Gasteiger partial charge in [0.2, 0.25) is 23.5 Å². The van der Waals surface area contributed by atoms with Crippen molar-refractivity contribution in [1.82, 2.24) is 9.97 Å². The van der Waals surface area contributed by atoms with Gasteiger partial charge in [-0.2, -0.15) is 9.97 Å². The maximum Gasteiger partial charge on any atom is 0.231 e. The van der Waals surface area contributed by atoms with Crippen molar-refractivity contribution in [2.75, 3.05) is 24.7 Å². The van der Waals surface area contributed by atoms with Crippen molar-refractivity contribution in [3.63, 3.8) is 0 Å². The Morgan fingerprint density at radius 1 is 0.674 bits per heavy atom. The van der Waals surface area contributed by atoms with Gasteiger partial charge in [-0.05, 0) is 86.4 Å². The zero-order chi connectivity index (χ0) is 33.1. The molecule has 4 rings (SSSR count). The largest absolute Gasteiger partial charge is 0.476 e. The number of rotatable bonds is 17. The minimum Gasteiger partial charge on any atom is -0.476 e. The van der Waals surface area contributed by atoms with E-state index in [0.717, 1.165) is 11.5 Å². The predicted octanol–water partition coefficient (Wildman–Crippen LogP) is 10.7. The summed E-state index contributed by atoms with van der Waals surface area (Å²) in [4.78, 5) is 31.9. The van der Waals surface area contributed by atoms with Crippen LogP contribution >= 0.6 is 115 Å². The first kappa shape index (κ1) is 37.8. The van der Waals surface area contributed by atoms with Crippen LogP contribution in [0.1, 0.15) is 31.8 Å². The summed E-state index contributed by atoms with van der Waals surface area (Å²) < 4.78 is 24.4. The van der Waals surface area contributed by atoms with Crippen LogP contribution in [-0.2, 0) is 13.2 Å². The molecule has 0 aliphatic rings. The zero-order valence-electron chi connectivity index (χ0n) is 23.4. The average Bonchev–Trinajstić information content (AvgIpc) is 3.06. The van der Waals surface area contributed by atoms with Crippen molar-refractivity contribution in [3.8, 4) is 34.6 Å². The first-order valence-electron chi connectivity index (χ1n) is 13.2. The van der Waals surface area contributed by atoms with Crippen LogP contribution in [0, 0.1) is 0 Å². The Morgan fingerprint density at radius 2 is 1.09 bits per heavy atom. The maximum atomic E-state index is 11.5. The molecule has 46 heavy (non-hydrogen) atoms. The van der Waals surface area contributed by atoms with E-state index < -0.39 is 0 Å². The highest BCUT2D eigenvalue weighted by molar-refractivity contribution is 14.2. The first-order valence-corrected chi connectivity index (χ1v) is 22.6. The lowest BCUT2D eigenvalue weighted by Crippen LogP contribution is -2.06. The molecule has 0 spiro atoms. The molecule has 0 bridgehead atoms. The van der Waals surface area contributed by atoms with Crippen LogP contribution in [0.5, 0.6) is 23.5 Å². The zero-order valence-corrected chi connectivity index (χ0v) is 34.1. The summed E-state index contributed by atoms with van der Waals surface area (Å²) in [5, 5.41) is 0.915. The fourth-order valence-corrected chi connectivity index (χ4v) is 6.81. The van der Waals surface area contributed by atoms with Gasteiger partial charge in [-0.25, -0.2) is 0 Å². The van der Waals surface area contributed by atoms with Gasteiger partial charge in [-0.15, -0.1) is 0 Å². The highest BCUT2D eigenvalue weighted by Crippen LogP contribution is 2.38. The Bertz CT molecular complexity index is 1590. The summed E-state index contributed by atoms with van der Waals surface area (Å²) in [6.07, 6.45) is 1.38. The number of hydrogen-bond donors (Lipinski definition) is 0. The number of nitrogens with zero attached hydrogens (tertiary/aromatic N) is 2. The lowest BCUT2D eigenvalue weighted by atomic mass is 10.0. The lowest BCUT2D eigenvalue weighted by Gasteiger charge is -2.16. The molecule has 0 N–H and O–H groups in total. The minimum absolute atomic E-state index is 0.0968. The first-order chi connectivity index (χ1) is 22.3. The Hall–Kier alpha value is -1.02. The molecule has 242 valence electrons. The molecule has 0 aliphatic carbocycles. The second kappa shape index (κ2) is 19.2. The van der Waals surface area contributed by atoms with Gasteiger partial charge in [-0.3, -0.25) is 9.59 Å². The van der Waals surface area contributed by atoms with Crippen LogP contribution in [0.3, 0.4) is 0 Å². The fourth-order valence-electron chi connectivity index (χ4n) is 3.97. The number of pyridine rings is 2. The highest BCUT2D eigenvalue weighted by atomic mass is 127. The van der Waals surface area contributed by atoms with E-state index in [4.69, 9.17) is 42.1 Å². The third-order valence-electron chi connectivity index (χ3n) is 6.10. The normalized spacial score (nSPS) is 10.8. The van der Waals surface area contributed by atoms with Gasteiger partial charge in [0.15, 0.2) is 12.6 Å². The van der Waals surface area contributed by atoms with Crippen molar-refractivity contribution < 1.29 is 28.5 Å². The van der Waals surface area contributed by atoms with E-state index in [9.17, 15) is 9.59 Å². The molecular weight excluding hydrogens is 1030 g/mol. The Kier molecular flexibility index (Phi) is 15.8. The summed E-state index contributed by atoms with van der Waals surface area (Å²) in [6, 6.07) is 14.4. The maximum absolute atomic E-state index is 11.5. The molecule has 0 atom stereocenters. The van der Waals surface area contributed by atoms with Crippen LogP contribution in [0.25, 0.3) is 11.1 Å². The molecule has 0 saturated heterocycles. The molecule has 8 nitrogen and oxygen atoms in total. The molecule has 0 amide bonds. The standard InChI is InChI=1S/C30H22Br2Cl2I2N2O6S2/c31-23-11-19(13-39)27(41-7-9-45-35)37-29(23)43-15-17-3-1-5-21(25(17)33)22-6-2-4-18(26(22)34)16-44-30-24(32)12-20(14-40)28(38-30)42-8-10-46-36/h1-6,11-14H,7-10,15-16H2. The van der Waals surface area contributed by atoms with E-state index in [1.807, 2.05) is 36.4 Å². The third-order valence-corrected chi connectivity index (χ3v) is 11.4. The number of carbonyl (C=O) groups is 2. The molecular formula is C30H22Br2Cl2I2N2O6S2. The van der Waals surface area contributed by atoms with Gasteiger partial charge in [0.25, 0.3) is 0 Å². The molecule has 0 unspecified atom stereocenters. The lowest BCUT2D eigenvalue weighted by molar-refractivity contribution is 0.111. The number of halogens is 6. The third kappa shape index (κ3) is 10.0.